The van der Waals surface area contributed by atoms with Gasteiger partial charge in [-0.1, -0.05) is 38.8 Å². The fraction of sp³-hybridized carbons (Fsp3) is 0.333. The molecule has 0 aliphatic heterocycles. The summed E-state index contributed by atoms with van der Waals surface area (Å²) in [5.41, 5.74) is 1.26. The van der Waals surface area contributed by atoms with Crippen LogP contribution in [-0.4, -0.2) is 20.2 Å². The Bertz CT molecular complexity index is 786. The summed E-state index contributed by atoms with van der Waals surface area (Å²) in [6.45, 7) is 7.48. The lowest BCUT2D eigenvalue weighted by Gasteiger charge is -2.18. The minimum atomic E-state index is -0.597. The Morgan fingerprint density at radius 2 is 1.19 bits per heavy atom. The zero-order valence-electron chi connectivity index (χ0n) is 15.3. The van der Waals surface area contributed by atoms with Crippen LogP contribution in [0, 0.1) is 0 Å². The summed E-state index contributed by atoms with van der Waals surface area (Å²) in [6, 6.07) is 14.1. The number of benzene rings is 2. The van der Waals surface area contributed by atoms with Crippen molar-refractivity contribution in [1.82, 2.24) is 0 Å². The highest BCUT2D eigenvalue weighted by molar-refractivity contribution is 9.10. The van der Waals surface area contributed by atoms with Crippen LogP contribution >= 0.6 is 31.9 Å². The Hall–Kier alpha value is -1.46. The van der Waals surface area contributed by atoms with Gasteiger partial charge in [-0.15, -0.1) is 0 Å². The molecule has 2 aromatic carbocycles. The van der Waals surface area contributed by atoms with Gasteiger partial charge in [-0.25, -0.2) is 0 Å². The van der Waals surface area contributed by atoms with E-state index in [1.807, 2.05) is 27.7 Å². The molecule has 0 heterocycles. The van der Waals surface area contributed by atoms with Crippen molar-refractivity contribution < 1.29 is 14.3 Å². The van der Waals surface area contributed by atoms with Crippen LogP contribution in [0.25, 0.3) is 0 Å². The van der Waals surface area contributed by atoms with Crippen molar-refractivity contribution in [3.8, 4) is 11.5 Å². The van der Waals surface area contributed by atoms with E-state index in [1.54, 1.807) is 48.5 Å². The van der Waals surface area contributed by atoms with E-state index < -0.39 is 8.65 Å². The summed E-state index contributed by atoms with van der Waals surface area (Å²) in [4.78, 5) is 24.6. The first-order chi connectivity index (χ1) is 12.0. The number of halogens is 2. The summed E-state index contributed by atoms with van der Waals surface area (Å²) in [7, 11) is 0. The van der Waals surface area contributed by atoms with Gasteiger partial charge < -0.3 is 4.74 Å². The Morgan fingerprint density at radius 1 is 0.808 bits per heavy atom. The second-order valence-electron chi connectivity index (χ2n) is 6.83. The second-order valence-corrected chi connectivity index (χ2v) is 10.6. The molecule has 0 fully saturated rings. The Labute approximate surface area is 171 Å². The molecule has 0 N–H and O–H groups in total. The number of hydrogen-bond acceptors (Lipinski definition) is 3. The first kappa shape index (κ1) is 20.8. The molecular formula is C21H22Br2O3. The van der Waals surface area contributed by atoms with Crippen molar-refractivity contribution in [3.05, 3.63) is 59.7 Å². The average Bonchev–Trinajstić information content (AvgIpc) is 2.61. The summed E-state index contributed by atoms with van der Waals surface area (Å²) in [6.07, 6.45) is 0.709. The van der Waals surface area contributed by atoms with Gasteiger partial charge in [0.2, 0.25) is 0 Å². The quantitative estimate of drug-likeness (QED) is 0.331. The summed E-state index contributed by atoms with van der Waals surface area (Å²) < 4.78 is 4.65. The highest BCUT2D eigenvalue weighted by Crippen LogP contribution is 2.29. The molecular weight excluding hydrogens is 460 g/mol. The number of alkyl halides is 2. The van der Waals surface area contributed by atoms with Crippen LogP contribution in [-0.2, 0) is 0 Å². The van der Waals surface area contributed by atoms with Crippen LogP contribution in [0.1, 0.15) is 54.8 Å². The number of rotatable bonds is 7. The SMILES string of the molecule is CCC(C)(Br)C(=O)c1ccc(Oc2ccc(C(=O)C(C)(C)Br)cc2)cc1. The van der Waals surface area contributed by atoms with E-state index in [4.69, 9.17) is 4.74 Å². The van der Waals surface area contributed by atoms with Crippen LogP contribution in [0.3, 0.4) is 0 Å². The Balaban J connectivity index is 2.10. The highest BCUT2D eigenvalue weighted by Gasteiger charge is 2.28. The Kier molecular flexibility index (Phi) is 6.46. The molecule has 0 amide bonds. The minimum absolute atomic E-state index is 0.0145. The normalized spacial score (nSPS) is 13.8. The fourth-order valence-electron chi connectivity index (χ4n) is 2.29. The number of carbonyl (C=O) groups is 2. The number of Topliss-reactive ketones (excluding diaryl/α,β-unsaturated/α-hetero) is 2. The summed E-state index contributed by atoms with van der Waals surface area (Å²) >= 11 is 6.85. The molecule has 0 radical (unpaired) electrons. The van der Waals surface area contributed by atoms with E-state index in [0.29, 0.717) is 29.0 Å². The van der Waals surface area contributed by atoms with E-state index in [9.17, 15) is 9.59 Å². The zero-order valence-corrected chi connectivity index (χ0v) is 18.5. The van der Waals surface area contributed by atoms with Crippen molar-refractivity contribution in [2.24, 2.45) is 0 Å². The molecule has 0 spiro atoms. The third kappa shape index (κ3) is 5.04. The van der Waals surface area contributed by atoms with Gasteiger partial charge in [0.15, 0.2) is 11.6 Å². The van der Waals surface area contributed by atoms with Gasteiger partial charge in [-0.05, 0) is 75.7 Å². The Morgan fingerprint density at radius 3 is 1.54 bits per heavy atom. The number of hydrogen-bond donors (Lipinski definition) is 0. The number of ketones is 2. The lowest BCUT2D eigenvalue weighted by Crippen LogP contribution is -2.27. The maximum Gasteiger partial charge on any atom is 0.179 e. The predicted octanol–water partition coefficient (Wildman–Crippen LogP) is 6.58. The molecule has 0 saturated heterocycles. The molecule has 0 aliphatic carbocycles. The van der Waals surface area contributed by atoms with Gasteiger partial charge in [-0.3, -0.25) is 9.59 Å². The third-order valence-corrected chi connectivity index (χ3v) is 5.43. The van der Waals surface area contributed by atoms with Crippen LogP contribution in [0.15, 0.2) is 48.5 Å². The van der Waals surface area contributed by atoms with Crippen LogP contribution < -0.4 is 4.74 Å². The van der Waals surface area contributed by atoms with E-state index in [0.717, 1.165) is 0 Å². The second kappa shape index (κ2) is 8.05. The lowest BCUT2D eigenvalue weighted by molar-refractivity contribution is 0.0948. The van der Waals surface area contributed by atoms with E-state index in [2.05, 4.69) is 31.9 Å². The first-order valence-electron chi connectivity index (χ1n) is 8.40. The maximum absolute atomic E-state index is 12.4. The highest BCUT2D eigenvalue weighted by atomic mass is 79.9. The molecule has 26 heavy (non-hydrogen) atoms. The standard InChI is InChI=1S/C21H22Br2O3/c1-5-21(4,23)19(25)15-8-12-17(13-9-15)26-16-10-6-14(7-11-16)18(24)20(2,3)22/h6-13H,5H2,1-4H3. The van der Waals surface area contributed by atoms with Crippen molar-refractivity contribution in [3.63, 3.8) is 0 Å². The van der Waals surface area contributed by atoms with Gasteiger partial charge in [0.05, 0.1) is 8.65 Å². The molecule has 1 atom stereocenters. The van der Waals surface area contributed by atoms with E-state index in [1.165, 1.54) is 0 Å². The molecule has 1 unspecified atom stereocenters. The largest absolute Gasteiger partial charge is 0.457 e. The maximum atomic E-state index is 12.4. The number of ether oxygens (including phenoxy) is 1. The minimum Gasteiger partial charge on any atom is -0.457 e. The van der Waals surface area contributed by atoms with Crippen molar-refractivity contribution in [2.45, 2.75) is 42.8 Å². The predicted molar refractivity (Wildman–Crippen MR) is 112 cm³/mol. The molecule has 0 aliphatic rings. The van der Waals surface area contributed by atoms with E-state index >= 15 is 0 Å². The zero-order chi connectivity index (χ0) is 19.5. The van der Waals surface area contributed by atoms with Gasteiger partial charge in [0.1, 0.15) is 11.5 Å². The van der Waals surface area contributed by atoms with Crippen LogP contribution in [0.5, 0.6) is 11.5 Å². The van der Waals surface area contributed by atoms with Gasteiger partial charge >= 0.3 is 0 Å². The lowest BCUT2D eigenvalue weighted by atomic mass is 9.97. The van der Waals surface area contributed by atoms with Crippen LogP contribution in [0.2, 0.25) is 0 Å². The van der Waals surface area contributed by atoms with Gasteiger partial charge in [-0.2, -0.15) is 0 Å². The topological polar surface area (TPSA) is 43.4 Å². The van der Waals surface area contributed by atoms with E-state index in [-0.39, 0.29) is 11.6 Å². The molecule has 0 saturated carbocycles. The van der Waals surface area contributed by atoms with Crippen LogP contribution in [0.4, 0.5) is 0 Å². The van der Waals surface area contributed by atoms with Crippen molar-refractivity contribution >= 4 is 43.4 Å². The molecule has 0 bridgehead atoms. The average molecular weight is 482 g/mol. The smallest absolute Gasteiger partial charge is 0.179 e. The molecule has 3 nitrogen and oxygen atoms in total. The van der Waals surface area contributed by atoms with Gasteiger partial charge in [0, 0.05) is 11.1 Å². The fourth-order valence-corrected chi connectivity index (χ4v) is 2.75. The molecule has 138 valence electrons. The molecule has 2 rings (SSSR count). The summed E-state index contributed by atoms with van der Waals surface area (Å²) in [5, 5.41) is 0. The first-order valence-corrected chi connectivity index (χ1v) is 9.98. The number of carbonyl (C=O) groups excluding carboxylic acids is 2. The third-order valence-electron chi connectivity index (χ3n) is 4.15. The molecule has 5 heteroatoms. The van der Waals surface area contributed by atoms with Crippen molar-refractivity contribution in [2.75, 3.05) is 0 Å². The molecule has 0 aromatic heterocycles. The molecule has 2 aromatic rings. The van der Waals surface area contributed by atoms with Crippen molar-refractivity contribution in [1.29, 1.82) is 0 Å². The summed E-state index contributed by atoms with van der Waals surface area (Å²) in [5.74, 6) is 1.33. The van der Waals surface area contributed by atoms with Gasteiger partial charge in [0.25, 0.3) is 0 Å². The monoisotopic (exact) mass is 480 g/mol.